The van der Waals surface area contributed by atoms with Crippen LogP contribution in [-0.4, -0.2) is 43.7 Å². The Balaban J connectivity index is 2.18. The summed E-state index contributed by atoms with van der Waals surface area (Å²) in [6.45, 7) is 5.17. The molecule has 0 aromatic heterocycles. The molecule has 1 aromatic rings. The maximum atomic E-state index is 13.5. The van der Waals surface area contributed by atoms with Crippen molar-refractivity contribution in [1.82, 2.24) is 0 Å². The Morgan fingerprint density at radius 3 is 2.75 bits per heavy atom. The van der Waals surface area contributed by atoms with E-state index >= 15 is 0 Å². The molecule has 1 rings (SSSR count). The summed E-state index contributed by atoms with van der Waals surface area (Å²) in [5, 5.41) is 12.8. The quantitative estimate of drug-likeness (QED) is 0.689. The van der Waals surface area contributed by atoms with Crippen LogP contribution in [0.25, 0.3) is 0 Å². The number of hydrogen-bond donors (Lipinski definition) is 2. The second kappa shape index (κ2) is 9.13. The van der Waals surface area contributed by atoms with Gasteiger partial charge in [-0.05, 0) is 32.0 Å². The van der Waals surface area contributed by atoms with Crippen LogP contribution in [0, 0.1) is 5.82 Å². The lowest BCUT2D eigenvalue weighted by Crippen LogP contribution is -2.26. The molecule has 1 aromatic carbocycles. The molecule has 20 heavy (non-hydrogen) atoms. The van der Waals surface area contributed by atoms with Gasteiger partial charge in [0.25, 0.3) is 0 Å². The molecule has 0 aliphatic rings. The smallest absolute Gasteiger partial charge is 0.147 e. The van der Waals surface area contributed by atoms with Crippen LogP contribution in [0.5, 0.6) is 0 Å². The summed E-state index contributed by atoms with van der Waals surface area (Å²) in [5.74, 6) is -0.448. The third-order valence-corrected chi connectivity index (χ3v) is 2.68. The first kappa shape index (κ1) is 17.2. The predicted molar refractivity (Wildman–Crippen MR) is 77.8 cm³/mol. The van der Waals surface area contributed by atoms with E-state index in [0.717, 1.165) is 0 Å². The average Bonchev–Trinajstić information content (AvgIpc) is 2.37. The van der Waals surface area contributed by atoms with E-state index in [0.29, 0.717) is 23.9 Å². The van der Waals surface area contributed by atoms with Crippen molar-refractivity contribution in [3.05, 3.63) is 29.0 Å². The van der Waals surface area contributed by atoms with E-state index in [1.165, 1.54) is 12.1 Å². The van der Waals surface area contributed by atoms with Gasteiger partial charge >= 0.3 is 0 Å². The highest BCUT2D eigenvalue weighted by Crippen LogP contribution is 2.18. The third-order valence-electron chi connectivity index (χ3n) is 2.45. The Kier molecular flexibility index (Phi) is 7.84. The summed E-state index contributed by atoms with van der Waals surface area (Å²) in [4.78, 5) is 0. The zero-order chi connectivity index (χ0) is 15.0. The number of hydrogen-bond acceptors (Lipinski definition) is 4. The fourth-order valence-electron chi connectivity index (χ4n) is 1.48. The molecule has 0 radical (unpaired) electrons. The first-order valence-electron chi connectivity index (χ1n) is 6.55. The number of rotatable bonds is 9. The van der Waals surface area contributed by atoms with Crippen molar-refractivity contribution >= 4 is 17.3 Å². The van der Waals surface area contributed by atoms with Gasteiger partial charge in [0.15, 0.2) is 0 Å². The van der Waals surface area contributed by atoms with Crippen LogP contribution < -0.4 is 5.32 Å². The Bertz CT molecular complexity index is 404. The first-order chi connectivity index (χ1) is 9.49. The highest BCUT2D eigenvalue weighted by atomic mass is 35.5. The maximum absolute atomic E-state index is 13.5. The largest absolute Gasteiger partial charge is 0.389 e. The van der Waals surface area contributed by atoms with E-state index in [2.05, 4.69) is 5.32 Å². The molecular weight excluding hydrogens is 285 g/mol. The number of benzene rings is 1. The number of nitrogens with one attached hydrogen (secondary N) is 1. The molecular formula is C14H21ClFNO3. The zero-order valence-electron chi connectivity index (χ0n) is 11.7. The number of ether oxygens (including phenoxy) is 2. The van der Waals surface area contributed by atoms with Crippen molar-refractivity contribution in [2.75, 3.05) is 31.7 Å². The summed E-state index contributed by atoms with van der Waals surface area (Å²) in [6, 6.07) is 4.33. The molecule has 0 fully saturated rings. The van der Waals surface area contributed by atoms with Crippen molar-refractivity contribution in [3.63, 3.8) is 0 Å². The molecule has 6 heteroatoms. The van der Waals surface area contributed by atoms with Gasteiger partial charge in [-0.25, -0.2) is 4.39 Å². The summed E-state index contributed by atoms with van der Waals surface area (Å²) >= 11 is 5.65. The van der Waals surface area contributed by atoms with E-state index in [1.807, 2.05) is 13.8 Å². The molecule has 2 N–H and O–H groups in total. The third kappa shape index (κ3) is 7.05. The van der Waals surface area contributed by atoms with E-state index < -0.39 is 11.9 Å². The van der Waals surface area contributed by atoms with E-state index in [4.69, 9.17) is 21.1 Å². The van der Waals surface area contributed by atoms with Gasteiger partial charge in [-0.15, -0.1) is 0 Å². The molecule has 0 spiro atoms. The highest BCUT2D eigenvalue weighted by Gasteiger charge is 2.07. The Morgan fingerprint density at radius 1 is 1.35 bits per heavy atom. The lowest BCUT2D eigenvalue weighted by Gasteiger charge is -2.14. The van der Waals surface area contributed by atoms with Gasteiger partial charge in [-0.3, -0.25) is 0 Å². The van der Waals surface area contributed by atoms with E-state index in [-0.39, 0.29) is 19.3 Å². The first-order valence-corrected chi connectivity index (χ1v) is 6.93. The van der Waals surface area contributed by atoms with E-state index in [1.54, 1.807) is 6.07 Å². The second-order valence-electron chi connectivity index (χ2n) is 4.65. The van der Waals surface area contributed by atoms with Crippen LogP contribution in [0.3, 0.4) is 0 Å². The lowest BCUT2D eigenvalue weighted by atomic mass is 10.3. The van der Waals surface area contributed by atoms with Crippen molar-refractivity contribution < 1.29 is 19.0 Å². The van der Waals surface area contributed by atoms with Crippen molar-refractivity contribution in [2.24, 2.45) is 0 Å². The fourth-order valence-corrected chi connectivity index (χ4v) is 1.64. The molecule has 0 heterocycles. The van der Waals surface area contributed by atoms with Crippen LogP contribution in [0.15, 0.2) is 18.2 Å². The summed E-state index contributed by atoms with van der Waals surface area (Å²) < 4.78 is 24.0. The lowest BCUT2D eigenvalue weighted by molar-refractivity contribution is -0.00735. The van der Waals surface area contributed by atoms with Crippen LogP contribution >= 0.6 is 11.6 Å². The minimum atomic E-state index is -0.718. The van der Waals surface area contributed by atoms with Gasteiger partial charge in [0, 0.05) is 11.6 Å². The molecule has 114 valence electrons. The van der Waals surface area contributed by atoms with Crippen LogP contribution in [0.4, 0.5) is 10.1 Å². The van der Waals surface area contributed by atoms with Crippen molar-refractivity contribution in [3.8, 4) is 0 Å². The molecule has 0 aliphatic carbocycles. The molecule has 4 nitrogen and oxygen atoms in total. The van der Waals surface area contributed by atoms with Crippen LogP contribution in [0.1, 0.15) is 13.8 Å². The molecule has 0 saturated heterocycles. The molecule has 1 atom stereocenters. The number of halogens is 2. The minimum absolute atomic E-state index is 0.165. The standard InChI is InChI=1S/C14H21ClFNO3/c1-10(2)20-6-5-19-9-12(18)8-17-14-4-3-11(15)7-13(14)16/h3-4,7,10,12,17-18H,5-6,8-9H2,1-2H3. The summed E-state index contributed by atoms with van der Waals surface area (Å²) in [6.07, 6.45) is -0.554. The second-order valence-corrected chi connectivity index (χ2v) is 5.09. The summed E-state index contributed by atoms with van der Waals surface area (Å²) in [5.41, 5.74) is 0.302. The zero-order valence-corrected chi connectivity index (χ0v) is 12.5. The number of anilines is 1. The van der Waals surface area contributed by atoms with Gasteiger partial charge in [0.05, 0.1) is 37.7 Å². The number of aliphatic hydroxyl groups is 1. The Hall–Kier alpha value is -0.880. The van der Waals surface area contributed by atoms with Gasteiger partial charge in [0.2, 0.25) is 0 Å². The average molecular weight is 306 g/mol. The molecule has 0 saturated carbocycles. The van der Waals surface area contributed by atoms with Gasteiger partial charge < -0.3 is 19.9 Å². The van der Waals surface area contributed by atoms with Gasteiger partial charge in [-0.2, -0.15) is 0 Å². The molecule has 0 amide bonds. The molecule has 0 aliphatic heterocycles. The normalized spacial score (nSPS) is 12.7. The van der Waals surface area contributed by atoms with Crippen molar-refractivity contribution in [2.45, 2.75) is 26.1 Å². The maximum Gasteiger partial charge on any atom is 0.147 e. The van der Waals surface area contributed by atoms with Crippen LogP contribution in [0.2, 0.25) is 5.02 Å². The highest BCUT2D eigenvalue weighted by molar-refractivity contribution is 6.30. The Morgan fingerprint density at radius 2 is 2.10 bits per heavy atom. The van der Waals surface area contributed by atoms with Gasteiger partial charge in [-0.1, -0.05) is 11.6 Å². The monoisotopic (exact) mass is 305 g/mol. The van der Waals surface area contributed by atoms with Crippen LogP contribution in [-0.2, 0) is 9.47 Å². The van der Waals surface area contributed by atoms with Gasteiger partial charge in [0.1, 0.15) is 5.82 Å². The van der Waals surface area contributed by atoms with E-state index in [9.17, 15) is 9.50 Å². The Labute approximate surface area is 123 Å². The van der Waals surface area contributed by atoms with Crippen molar-refractivity contribution in [1.29, 1.82) is 0 Å². The SMILES string of the molecule is CC(C)OCCOCC(O)CNc1ccc(Cl)cc1F. The predicted octanol–water partition coefficient (Wildman–Crippen LogP) is 2.69. The molecule has 0 bridgehead atoms. The topological polar surface area (TPSA) is 50.7 Å². The fraction of sp³-hybridized carbons (Fsp3) is 0.571. The summed E-state index contributed by atoms with van der Waals surface area (Å²) in [7, 11) is 0. The molecule has 1 unspecified atom stereocenters. The number of aliphatic hydroxyl groups excluding tert-OH is 1. The minimum Gasteiger partial charge on any atom is -0.389 e.